The number of nitrogens with one attached hydrogen (secondary N) is 1. The standard InChI is InChI=1S/C15H24N2O3S/c1-5-6-13(3)16-15(18)11-17(21(4,19)20)14-9-7-12(2)8-10-14/h7-10,13H,5-6,11H2,1-4H3,(H,16,18)/t13-/m0/s1. The molecule has 21 heavy (non-hydrogen) atoms. The summed E-state index contributed by atoms with van der Waals surface area (Å²) in [5, 5.41) is 2.82. The first kappa shape index (κ1) is 17.5. The maximum atomic E-state index is 12.0. The van der Waals surface area contributed by atoms with E-state index in [0.717, 1.165) is 29.0 Å². The first-order valence-electron chi connectivity index (χ1n) is 7.07. The lowest BCUT2D eigenvalue weighted by molar-refractivity contribution is -0.120. The fourth-order valence-corrected chi connectivity index (χ4v) is 2.92. The van der Waals surface area contributed by atoms with Crippen LogP contribution in [0.5, 0.6) is 0 Å². The van der Waals surface area contributed by atoms with Gasteiger partial charge in [0, 0.05) is 6.04 Å². The smallest absolute Gasteiger partial charge is 0.240 e. The zero-order valence-corrected chi connectivity index (χ0v) is 13.9. The van der Waals surface area contributed by atoms with Crippen molar-refractivity contribution in [3.8, 4) is 0 Å². The molecule has 0 fully saturated rings. The summed E-state index contributed by atoms with van der Waals surface area (Å²) in [5.41, 5.74) is 1.54. The molecule has 0 saturated heterocycles. The fourth-order valence-electron chi connectivity index (χ4n) is 2.07. The number of aryl methyl sites for hydroxylation is 1. The SMILES string of the molecule is CCC[C@H](C)NC(=O)CN(c1ccc(C)cc1)S(C)(=O)=O. The van der Waals surface area contributed by atoms with E-state index >= 15 is 0 Å². The molecular weight excluding hydrogens is 288 g/mol. The maximum absolute atomic E-state index is 12.0. The molecule has 0 radical (unpaired) electrons. The molecule has 1 rings (SSSR count). The molecule has 0 bridgehead atoms. The Kier molecular flexibility index (Phi) is 6.20. The van der Waals surface area contributed by atoms with Crippen LogP contribution in [0.15, 0.2) is 24.3 Å². The number of rotatable bonds is 7. The van der Waals surface area contributed by atoms with Gasteiger partial charge in [-0.1, -0.05) is 31.0 Å². The number of hydrogen-bond donors (Lipinski definition) is 1. The fraction of sp³-hybridized carbons (Fsp3) is 0.533. The van der Waals surface area contributed by atoms with E-state index in [1.54, 1.807) is 12.1 Å². The van der Waals surface area contributed by atoms with Gasteiger partial charge in [0.15, 0.2) is 0 Å². The predicted octanol–water partition coefficient (Wildman–Crippen LogP) is 2.07. The van der Waals surface area contributed by atoms with E-state index < -0.39 is 10.0 Å². The Labute approximate surface area is 127 Å². The highest BCUT2D eigenvalue weighted by Gasteiger charge is 2.21. The lowest BCUT2D eigenvalue weighted by Crippen LogP contribution is -2.43. The summed E-state index contributed by atoms with van der Waals surface area (Å²) in [7, 11) is -3.50. The Morgan fingerprint density at radius 1 is 1.29 bits per heavy atom. The molecule has 0 spiro atoms. The van der Waals surface area contributed by atoms with Crippen LogP contribution in [0.4, 0.5) is 5.69 Å². The Morgan fingerprint density at radius 3 is 2.33 bits per heavy atom. The van der Waals surface area contributed by atoms with Crippen LogP contribution in [0, 0.1) is 6.92 Å². The van der Waals surface area contributed by atoms with Crippen molar-refractivity contribution in [1.82, 2.24) is 5.32 Å². The first-order chi connectivity index (χ1) is 9.74. The first-order valence-corrected chi connectivity index (χ1v) is 8.92. The normalized spacial score (nSPS) is 12.8. The largest absolute Gasteiger partial charge is 0.352 e. The maximum Gasteiger partial charge on any atom is 0.240 e. The van der Waals surface area contributed by atoms with E-state index in [1.165, 1.54) is 0 Å². The molecule has 5 nitrogen and oxygen atoms in total. The molecule has 1 atom stereocenters. The molecule has 1 N–H and O–H groups in total. The third-order valence-electron chi connectivity index (χ3n) is 3.14. The molecule has 0 unspecified atom stereocenters. The van der Waals surface area contributed by atoms with Crippen LogP contribution in [-0.4, -0.2) is 33.2 Å². The van der Waals surface area contributed by atoms with Crippen LogP contribution in [0.2, 0.25) is 0 Å². The highest BCUT2D eigenvalue weighted by atomic mass is 32.2. The van der Waals surface area contributed by atoms with Crippen molar-refractivity contribution in [2.75, 3.05) is 17.1 Å². The lowest BCUT2D eigenvalue weighted by Gasteiger charge is -2.23. The number of sulfonamides is 1. The molecule has 6 heteroatoms. The Hall–Kier alpha value is -1.56. The average Bonchev–Trinajstić information content (AvgIpc) is 2.36. The summed E-state index contributed by atoms with van der Waals surface area (Å²) in [6, 6.07) is 7.11. The molecule has 0 heterocycles. The number of hydrogen-bond acceptors (Lipinski definition) is 3. The van der Waals surface area contributed by atoms with Crippen LogP contribution >= 0.6 is 0 Å². The second-order valence-corrected chi connectivity index (χ2v) is 7.27. The molecular formula is C15H24N2O3S. The minimum Gasteiger partial charge on any atom is -0.352 e. The predicted molar refractivity (Wildman–Crippen MR) is 85.9 cm³/mol. The van der Waals surface area contributed by atoms with Gasteiger partial charge in [0.2, 0.25) is 15.9 Å². The quantitative estimate of drug-likeness (QED) is 0.838. The zero-order chi connectivity index (χ0) is 16.0. The minimum absolute atomic E-state index is 0.0435. The molecule has 0 saturated carbocycles. The molecule has 1 aromatic rings. The molecule has 118 valence electrons. The van der Waals surface area contributed by atoms with Crippen molar-refractivity contribution in [1.29, 1.82) is 0 Å². The van der Waals surface area contributed by atoms with Crippen LogP contribution in [0.25, 0.3) is 0 Å². The van der Waals surface area contributed by atoms with Gasteiger partial charge in [0.1, 0.15) is 6.54 Å². The van der Waals surface area contributed by atoms with E-state index in [4.69, 9.17) is 0 Å². The third kappa shape index (κ3) is 5.75. The Morgan fingerprint density at radius 2 is 1.86 bits per heavy atom. The van der Waals surface area contributed by atoms with Gasteiger partial charge in [-0.3, -0.25) is 9.10 Å². The van der Waals surface area contributed by atoms with Gasteiger partial charge in [-0.25, -0.2) is 8.42 Å². The van der Waals surface area contributed by atoms with Crippen LogP contribution in [0.1, 0.15) is 32.3 Å². The molecule has 0 aliphatic rings. The second-order valence-electron chi connectivity index (χ2n) is 5.36. The Balaban J connectivity index is 2.86. The van der Waals surface area contributed by atoms with Gasteiger partial charge < -0.3 is 5.32 Å². The van der Waals surface area contributed by atoms with Crippen molar-refractivity contribution < 1.29 is 13.2 Å². The summed E-state index contributed by atoms with van der Waals surface area (Å²) < 4.78 is 24.9. The molecule has 0 aliphatic carbocycles. The highest BCUT2D eigenvalue weighted by molar-refractivity contribution is 7.92. The minimum atomic E-state index is -3.50. The number of amides is 1. The van der Waals surface area contributed by atoms with Crippen LogP contribution in [0.3, 0.4) is 0 Å². The highest BCUT2D eigenvalue weighted by Crippen LogP contribution is 2.17. The third-order valence-corrected chi connectivity index (χ3v) is 4.28. The average molecular weight is 312 g/mol. The van der Waals surface area contributed by atoms with Crippen LogP contribution in [-0.2, 0) is 14.8 Å². The van der Waals surface area contributed by atoms with Crippen molar-refractivity contribution in [3.05, 3.63) is 29.8 Å². The lowest BCUT2D eigenvalue weighted by atomic mass is 10.2. The molecule has 0 aliphatic heterocycles. The zero-order valence-electron chi connectivity index (χ0n) is 13.1. The van der Waals surface area contributed by atoms with Gasteiger partial charge in [-0.15, -0.1) is 0 Å². The van der Waals surface area contributed by atoms with Crippen molar-refractivity contribution in [3.63, 3.8) is 0 Å². The van der Waals surface area contributed by atoms with E-state index in [-0.39, 0.29) is 18.5 Å². The number of carbonyl (C=O) groups excluding carboxylic acids is 1. The number of carbonyl (C=O) groups is 1. The summed E-state index contributed by atoms with van der Waals surface area (Å²) in [6.45, 7) is 5.68. The number of benzene rings is 1. The van der Waals surface area contributed by atoms with Gasteiger partial charge in [0.25, 0.3) is 0 Å². The topological polar surface area (TPSA) is 66.5 Å². The van der Waals surface area contributed by atoms with Crippen LogP contribution < -0.4 is 9.62 Å². The van der Waals surface area contributed by atoms with Gasteiger partial charge >= 0.3 is 0 Å². The summed E-state index contributed by atoms with van der Waals surface area (Å²) >= 11 is 0. The van der Waals surface area contributed by atoms with Crippen molar-refractivity contribution >= 4 is 21.6 Å². The number of anilines is 1. The second kappa shape index (κ2) is 7.45. The summed E-state index contributed by atoms with van der Waals surface area (Å²) in [6.07, 6.45) is 2.94. The van der Waals surface area contributed by atoms with Gasteiger partial charge in [0.05, 0.1) is 11.9 Å². The monoisotopic (exact) mass is 312 g/mol. The van der Waals surface area contributed by atoms with Gasteiger partial charge in [-0.05, 0) is 32.4 Å². The number of nitrogens with zero attached hydrogens (tertiary/aromatic N) is 1. The van der Waals surface area contributed by atoms with E-state index in [2.05, 4.69) is 5.32 Å². The van der Waals surface area contributed by atoms with Crippen molar-refractivity contribution in [2.45, 2.75) is 39.7 Å². The summed E-state index contributed by atoms with van der Waals surface area (Å²) in [5.74, 6) is -0.290. The van der Waals surface area contributed by atoms with Gasteiger partial charge in [-0.2, -0.15) is 0 Å². The van der Waals surface area contributed by atoms with E-state index in [9.17, 15) is 13.2 Å². The van der Waals surface area contributed by atoms with E-state index in [0.29, 0.717) is 5.69 Å². The summed E-state index contributed by atoms with van der Waals surface area (Å²) in [4.78, 5) is 12.0. The van der Waals surface area contributed by atoms with E-state index in [1.807, 2.05) is 32.9 Å². The van der Waals surface area contributed by atoms with Crippen molar-refractivity contribution in [2.24, 2.45) is 0 Å². The molecule has 0 aromatic heterocycles. The molecule has 1 aromatic carbocycles. The Bertz CT molecular complexity index is 567. The molecule has 1 amide bonds.